The fourth-order valence-corrected chi connectivity index (χ4v) is 1.57. The highest BCUT2D eigenvalue weighted by atomic mass is 16.6. The van der Waals surface area contributed by atoms with Crippen molar-refractivity contribution >= 4 is 17.3 Å². The number of aromatic carboxylic acids is 1. The summed E-state index contributed by atoms with van der Waals surface area (Å²) in [6.07, 6.45) is 0. The number of nitriles is 2. The molecule has 1 N–H and O–H groups in total. The van der Waals surface area contributed by atoms with Crippen molar-refractivity contribution in [3.63, 3.8) is 0 Å². The lowest BCUT2D eigenvalue weighted by Gasteiger charge is -2.19. The molecule has 0 aliphatic rings. The van der Waals surface area contributed by atoms with Gasteiger partial charge in [0.05, 0.1) is 22.6 Å². The first-order chi connectivity index (χ1) is 9.02. The maximum atomic E-state index is 11.1. The number of nitro benzene ring substituents is 1. The minimum Gasteiger partial charge on any atom is -0.478 e. The molecule has 0 saturated heterocycles. The number of anilines is 1. The molecule has 0 heterocycles. The van der Waals surface area contributed by atoms with Gasteiger partial charge in [-0.3, -0.25) is 10.1 Å². The molecule has 19 heavy (non-hydrogen) atoms. The number of hydrogen-bond acceptors (Lipinski definition) is 6. The second-order valence-electron chi connectivity index (χ2n) is 3.41. The van der Waals surface area contributed by atoms with Gasteiger partial charge in [0, 0.05) is 6.07 Å². The van der Waals surface area contributed by atoms with Crippen LogP contribution in [0.2, 0.25) is 0 Å². The number of nitro groups is 1. The van der Waals surface area contributed by atoms with Crippen molar-refractivity contribution in [2.45, 2.75) is 0 Å². The third kappa shape index (κ3) is 2.96. The van der Waals surface area contributed by atoms with E-state index in [4.69, 9.17) is 15.6 Å². The van der Waals surface area contributed by atoms with Gasteiger partial charge >= 0.3 is 5.97 Å². The Labute approximate surface area is 107 Å². The Morgan fingerprint density at radius 3 is 2.37 bits per heavy atom. The summed E-state index contributed by atoms with van der Waals surface area (Å²) in [6, 6.07) is 7.04. The number of nitrogens with zero attached hydrogens (tertiary/aromatic N) is 4. The number of carbonyl (C=O) groups is 1. The molecule has 8 heteroatoms. The Kier molecular flexibility index (Phi) is 4.39. The topological polar surface area (TPSA) is 131 Å². The van der Waals surface area contributed by atoms with E-state index < -0.39 is 16.6 Å². The molecule has 0 aliphatic carbocycles. The van der Waals surface area contributed by atoms with E-state index in [0.717, 1.165) is 11.0 Å². The first-order valence-corrected chi connectivity index (χ1v) is 5.02. The summed E-state index contributed by atoms with van der Waals surface area (Å²) in [5, 5.41) is 37.3. The smallest absolute Gasteiger partial charge is 0.338 e. The lowest BCUT2D eigenvalue weighted by molar-refractivity contribution is -0.384. The minimum atomic E-state index is -1.36. The zero-order valence-electron chi connectivity index (χ0n) is 9.61. The molecule has 8 nitrogen and oxygen atoms in total. The summed E-state index contributed by atoms with van der Waals surface area (Å²) in [7, 11) is 0. The number of carboxylic acids is 1. The molecule has 96 valence electrons. The highest BCUT2D eigenvalue weighted by molar-refractivity contribution is 5.97. The van der Waals surface area contributed by atoms with Crippen LogP contribution in [0.5, 0.6) is 0 Å². The summed E-state index contributed by atoms with van der Waals surface area (Å²) in [6.45, 7) is -0.641. The zero-order chi connectivity index (χ0) is 14.4. The molecular weight excluding hydrogens is 252 g/mol. The number of rotatable bonds is 5. The van der Waals surface area contributed by atoms with Gasteiger partial charge in [0.1, 0.15) is 18.8 Å². The van der Waals surface area contributed by atoms with Gasteiger partial charge in [0.25, 0.3) is 5.69 Å². The van der Waals surface area contributed by atoms with Crippen LogP contribution >= 0.6 is 0 Å². The standard InChI is InChI=1S/C11H8N4O4/c12-4-6-14(7-5-13)10-8(11(16)17)2-1-3-9(10)15(18)19/h1-3H,6-7H2,(H,16,17). The van der Waals surface area contributed by atoms with Crippen molar-refractivity contribution in [1.82, 2.24) is 0 Å². The Balaban J connectivity index is 3.51. The van der Waals surface area contributed by atoms with Gasteiger partial charge in [-0.15, -0.1) is 0 Å². The highest BCUT2D eigenvalue weighted by Crippen LogP contribution is 2.31. The molecule has 0 atom stereocenters. The fraction of sp³-hybridized carbons (Fsp3) is 0.182. The molecule has 0 aliphatic heterocycles. The van der Waals surface area contributed by atoms with Crippen LogP contribution in [0.4, 0.5) is 11.4 Å². The fourth-order valence-electron chi connectivity index (χ4n) is 1.57. The molecule has 1 rings (SSSR count). The first kappa shape index (κ1) is 13.9. The van der Waals surface area contributed by atoms with Crippen LogP contribution in [-0.4, -0.2) is 29.1 Å². The number of carboxylic acid groups (broad SMARTS) is 1. The molecule has 0 fully saturated rings. The lowest BCUT2D eigenvalue weighted by atomic mass is 10.1. The Bertz CT molecular complexity index is 551. The average molecular weight is 260 g/mol. The van der Waals surface area contributed by atoms with Gasteiger partial charge in [0.2, 0.25) is 0 Å². The van der Waals surface area contributed by atoms with E-state index in [9.17, 15) is 14.9 Å². The van der Waals surface area contributed by atoms with Crippen molar-refractivity contribution in [2.24, 2.45) is 0 Å². The second-order valence-corrected chi connectivity index (χ2v) is 3.41. The van der Waals surface area contributed by atoms with Gasteiger partial charge in [-0.25, -0.2) is 4.79 Å². The van der Waals surface area contributed by atoms with E-state index in [1.54, 1.807) is 12.1 Å². The van der Waals surface area contributed by atoms with Crippen LogP contribution in [0.15, 0.2) is 18.2 Å². The molecular formula is C11H8N4O4. The summed E-state index contributed by atoms with van der Waals surface area (Å²) < 4.78 is 0. The zero-order valence-corrected chi connectivity index (χ0v) is 9.61. The van der Waals surface area contributed by atoms with Crippen LogP contribution in [0, 0.1) is 32.8 Å². The van der Waals surface area contributed by atoms with Crippen molar-refractivity contribution in [3.05, 3.63) is 33.9 Å². The molecule has 0 spiro atoms. The maximum absolute atomic E-state index is 11.1. The van der Waals surface area contributed by atoms with E-state index in [1.807, 2.05) is 0 Å². The second kappa shape index (κ2) is 5.98. The first-order valence-electron chi connectivity index (χ1n) is 5.02. The molecule has 0 radical (unpaired) electrons. The third-order valence-electron chi connectivity index (χ3n) is 2.28. The number of hydrogen-bond donors (Lipinski definition) is 1. The average Bonchev–Trinajstić information content (AvgIpc) is 2.37. The predicted molar refractivity (Wildman–Crippen MR) is 63.5 cm³/mol. The molecule has 0 amide bonds. The number of para-hydroxylation sites is 1. The van der Waals surface area contributed by atoms with Crippen LogP contribution < -0.4 is 4.90 Å². The predicted octanol–water partition coefficient (Wildman–Crippen LogP) is 1.15. The van der Waals surface area contributed by atoms with Gasteiger partial charge < -0.3 is 10.0 Å². The van der Waals surface area contributed by atoms with Crippen LogP contribution in [0.1, 0.15) is 10.4 Å². The van der Waals surface area contributed by atoms with Crippen molar-refractivity contribution in [2.75, 3.05) is 18.0 Å². The monoisotopic (exact) mass is 260 g/mol. The van der Waals surface area contributed by atoms with E-state index in [1.165, 1.54) is 12.1 Å². The van der Waals surface area contributed by atoms with Gasteiger partial charge in [0.15, 0.2) is 0 Å². The Morgan fingerprint density at radius 1 is 1.37 bits per heavy atom. The van der Waals surface area contributed by atoms with Crippen LogP contribution in [0.25, 0.3) is 0 Å². The third-order valence-corrected chi connectivity index (χ3v) is 2.28. The van der Waals surface area contributed by atoms with Crippen molar-refractivity contribution in [3.8, 4) is 12.1 Å². The Morgan fingerprint density at radius 2 is 1.95 bits per heavy atom. The van der Waals surface area contributed by atoms with E-state index >= 15 is 0 Å². The molecule has 0 aromatic heterocycles. The van der Waals surface area contributed by atoms with E-state index in [-0.39, 0.29) is 24.3 Å². The van der Waals surface area contributed by atoms with Gasteiger partial charge in [-0.2, -0.15) is 10.5 Å². The van der Waals surface area contributed by atoms with Crippen LogP contribution in [-0.2, 0) is 0 Å². The quantitative estimate of drug-likeness (QED) is 0.477. The van der Waals surface area contributed by atoms with Gasteiger partial charge in [-0.1, -0.05) is 6.07 Å². The van der Waals surface area contributed by atoms with Gasteiger partial charge in [-0.05, 0) is 6.07 Å². The Hall–Kier alpha value is -3.13. The van der Waals surface area contributed by atoms with E-state index in [0.29, 0.717) is 0 Å². The summed E-state index contributed by atoms with van der Waals surface area (Å²) in [5.74, 6) is -1.36. The molecule has 0 unspecified atom stereocenters. The normalized spacial score (nSPS) is 9.16. The minimum absolute atomic E-state index is 0.233. The van der Waals surface area contributed by atoms with Crippen molar-refractivity contribution < 1.29 is 14.8 Å². The van der Waals surface area contributed by atoms with Crippen LogP contribution in [0.3, 0.4) is 0 Å². The number of benzene rings is 1. The molecule has 0 bridgehead atoms. The summed E-state index contributed by atoms with van der Waals surface area (Å²) in [5.41, 5.74) is -1.01. The van der Waals surface area contributed by atoms with Crippen molar-refractivity contribution in [1.29, 1.82) is 10.5 Å². The lowest BCUT2D eigenvalue weighted by Crippen LogP contribution is -2.26. The molecule has 0 saturated carbocycles. The largest absolute Gasteiger partial charge is 0.478 e. The highest BCUT2D eigenvalue weighted by Gasteiger charge is 2.26. The SMILES string of the molecule is N#CCN(CC#N)c1c(C(=O)O)cccc1[N+](=O)[O-]. The summed E-state index contributed by atoms with van der Waals surface area (Å²) >= 11 is 0. The maximum Gasteiger partial charge on any atom is 0.338 e. The molecule has 1 aromatic rings. The van der Waals surface area contributed by atoms with E-state index in [2.05, 4.69) is 0 Å². The molecule has 1 aromatic carbocycles. The summed E-state index contributed by atoms with van der Waals surface area (Å²) in [4.78, 5) is 22.3.